The zero-order valence-electron chi connectivity index (χ0n) is 32.3. The van der Waals surface area contributed by atoms with E-state index in [1.807, 2.05) is 36.0 Å². The van der Waals surface area contributed by atoms with Crippen LogP contribution in [0.2, 0.25) is 5.02 Å². The van der Waals surface area contributed by atoms with Crippen LogP contribution in [0.5, 0.6) is 0 Å². The summed E-state index contributed by atoms with van der Waals surface area (Å²) in [6, 6.07) is 14.9. The molecule has 0 spiro atoms. The van der Waals surface area contributed by atoms with Crippen molar-refractivity contribution in [2.24, 2.45) is 20.0 Å². The van der Waals surface area contributed by atoms with Gasteiger partial charge in [0.05, 0.1) is 10.4 Å². The summed E-state index contributed by atoms with van der Waals surface area (Å²) in [5, 5.41) is 12.0. The van der Waals surface area contributed by atoms with E-state index in [4.69, 9.17) is 11.6 Å². The molecule has 0 saturated carbocycles. The van der Waals surface area contributed by atoms with Gasteiger partial charge in [-0.3, -0.25) is 29.1 Å². The fourth-order valence-electron chi connectivity index (χ4n) is 8.51. The number of urea groups is 1. The number of fused-ring (bicyclic) bond motifs is 2. The number of carbonyl (C=O) groups is 2. The van der Waals surface area contributed by atoms with Crippen LogP contribution in [-0.2, 0) is 35.3 Å². The number of halogens is 1. The molecule has 0 aliphatic carbocycles. The van der Waals surface area contributed by atoms with Crippen molar-refractivity contribution in [2.45, 2.75) is 62.3 Å². The largest absolute Gasteiger partial charge is 0.351 e. The number of pyridine rings is 1. The van der Waals surface area contributed by atoms with Crippen molar-refractivity contribution in [3.63, 3.8) is 0 Å². The summed E-state index contributed by atoms with van der Waals surface area (Å²) in [5.41, 5.74) is 3.38. The van der Waals surface area contributed by atoms with E-state index in [0.29, 0.717) is 72.0 Å². The highest BCUT2D eigenvalue weighted by Crippen LogP contribution is 2.34. The Hall–Kier alpha value is -4.90. The van der Waals surface area contributed by atoms with Gasteiger partial charge in [-0.05, 0) is 98.5 Å². The molecule has 1 atom stereocenters. The number of hydrogen-bond acceptors (Lipinski definition) is 10. The molecule has 3 aliphatic heterocycles. The van der Waals surface area contributed by atoms with Crippen molar-refractivity contribution < 1.29 is 18.0 Å². The Morgan fingerprint density at radius 1 is 0.965 bits per heavy atom. The summed E-state index contributed by atoms with van der Waals surface area (Å²) in [6.45, 7) is 6.17. The first kappa shape index (κ1) is 38.9. The lowest BCUT2D eigenvalue weighted by molar-refractivity contribution is -0.120. The lowest BCUT2D eigenvalue weighted by Crippen LogP contribution is -2.49. The van der Waals surface area contributed by atoms with Crippen LogP contribution in [0.15, 0.2) is 64.4 Å². The highest BCUT2D eigenvalue weighted by atomic mass is 35.5. The molecule has 15 nitrogen and oxygen atoms in total. The molecule has 17 heteroatoms. The molecule has 57 heavy (non-hydrogen) atoms. The Morgan fingerprint density at radius 2 is 1.74 bits per heavy atom. The first-order valence-corrected chi connectivity index (χ1v) is 21.3. The molecule has 2 aromatic carbocycles. The highest BCUT2D eigenvalue weighted by Gasteiger charge is 2.31. The number of nitrogens with zero attached hydrogens (tertiary/aromatic N) is 8. The number of sulfonamides is 1. The maximum atomic E-state index is 13.8. The number of anilines is 2. The zero-order valence-corrected chi connectivity index (χ0v) is 33.9. The summed E-state index contributed by atoms with van der Waals surface area (Å²) in [6.07, 6.45) is 5.91. The van der Waals surface area contributed by atoms with Gasteiger partial charge >= 0.3 is 6.03 Å². The van der Waals surface area contributed by atoms with E-state index < -0.39 is 16.1 Å². The van der Waals surface area contributed by atoms with Gasteiger partial charge < -0.3 is 10.2 Å². The molecule has 300 valence electrons. The van der Waals surface area contributed by atoms with Gasteiger partial charge in [-0.25, -0.2) is 18.2 Å². The average Bonchev–Trinajstić information content (AvgIpc) is 3.52. The van der Waals surface area contributed by atoms with Crippen LogP contribution in [-0.4, -0.2) is 99.2 Å². The molecular formula is C40H47ClN10O5S. The topological polar surface area (TPSA) is 168 Å². The maximum Gasteiger partial charge on any atom is 0.329 e. The minimum atomic E-state index is -3.67. The van der Waals surface area contributed by atoms with Crippen LogP contribution in [0, 0.1) is 5.92 Å². The Bertz CT molecular complexity index is 2530. The second-order valence-electron chi connectivity index (χ2n) is 15.7. The van der Waals surface area contributed by atoms with E-state index in [9.17, 15) is 22.8 Å². The monoisotopic (exact) mass is 814 g/mol. The highest BCUT2D eigenvalue weighted by molar-refractivity contribution is 7.89. The minimum Gasteiger partial charge on any atom is -0.351 e. The number of likely N-dealkylation sites (tertiary alicyclic amines) is 1. The molecule has 0 radical (unpaired) electrons. The number of carbonyl (C=O) groups excluding carboxylic acids is 2. The molecule has 3 aromatic heterocycles. The van der Waals surface area contributed by atoms with Crippen LogP contribution in [0.4, 0.5) is 16.6 Å². The Kier molecular flexibility index (Phi) is 10.8. The minimum absolute atomic E-state index is 0.0152. The fourth-order valence-corrected chi connectivity index (χ4v) is 10.3. The number of rotatable bonds is 10. The molecule has 6 heterocycles. The lowest BCUT2D eigenvalue weighted by atomic mass is 9.88. The van der Waals surface area contributed by atoms with Gasteiger partial charge in [0.25, 0.3) is 5.56 Å². The molecule has 3 amide bonds. The third-order valence-electron chi connectivity index (χ3n) is 11.6. The quantitative estimate of drug-likeness (QED) is 0.203. The molecule has 1 unspecified atom stereocenters. The second kappa shape index (κ2) is 15.8. The van der Waals surface area contributed by atoms with Gasteiger partial charge in [-0.2, -0.15) is 14.4 Å². The predicted molar refractivity (Wildman–Crippen MR) is 219 cm³/mol. The lowest BCUT2D eigenvalue weighted by Gasteiger charge is -2.34. The molecule has 3 saturated heterocycles. The molecule has 2 N–H and O–H groups in total. The number of hydrogen-bond donors (Lipinski definition) is 2. The van der Waals surface area contributed by atoms with Crippen molar-refractivity contribution in [1.82, 2.24) is 38.8 Å². The van der Waals surface area contributed by atoms with Crippen molar-refractivity contribution in [3.8, 4) is 0 Å². The van der Waals surface area contributed by atoms with E-state index in [0.717, 1.165) is 55.4 Å². The van der Waals surface area contributed by atoms with Gasteiger partial charge in [-0.1, -0.05) is 36.7 Å². The standard InChI is InChI=1S/C40H47ClN10O5S/c1-25(24-49-14-9-27(10-15-49)28-7-8-32-34(22-28)48(3)46-37(32)51-18-13-35(52)44-40(51)54)19-26-5-4-6-31(20-26)57(55,56)50-16-11-30(12-17-50)43-39-42-23-29-21-33(41)38(53)47(2)36(29)45-39/h4-8,20-23,25,27,30H,9-19,24H2,1-3H3,(H,42,43,45)(H,44,52,54). The number of aromatic nitrogens is 5. The third kappa shape index (κ3) is 8.00. The van der Waals surface area contributed by atoms with Gasteiger partial charge in [0.1, 0.15) is 10.7 Å². The average molecular weight is 815 g/mol. The summed E-state index contributed by atoms with van der Waals surface area (Å²) in [4.78, 5) is 49.7. The van der Waals surface area contributed by atoms with Gasteiger partial charge in [0, 0.05) is 69.7 Å². The summed E-state index contributed by atoms with van der Waals surface area (Å²) >= 11 is 6.03. The maximum absolute atomic E-state index is 13.8. The van der Waals surface area contributed by atoms with E-state index in [2.05, 4.69) is 49.7 Å². The Labute approximate surface area is 336 Å². The van der Waals surface area contributed by atoms with Gasteiger partial charge in [0.15, 0.2) is 5.82 Å². The van der Waals surface area contributed by atoms with Gasteiger partial charge in [0.2, 0.25) is 21.9 Å². The second-order valence-corrected chi connectivity index (χ2v) is 18.0. The Balaban J connectivity index is 0.829. The summed E-state index contributed by atoms with van der Waals surface area (Å²) in [5.74, 6) is 1.45. The molecule has 8 rings (SSSR count). The first-order chi connectivity index (χ1) is 27.3. The van der Waals surface area contributed by atoms with E-state index in [1.165, 1.54) is 15.0 Å². The number of imide groups is 1. The SMILES string of the molecule is CC(Cc1cccc(S(=O)(=O)N2CCC(Nc3ncc4cc(Cl)c(=O)n(C)c4n3)CC2)c1)CN1CCC(c2ccc3c(N4CCC(=O)NC4=O)nn(C)c3c2)CC1. The number of aryl methyl sites for hydroxylation is 2. The summed E-state index contributed by atoms with van der Waals surface area (Å²) < 4.78 is 32.3. The third-order valence-corrected chi connectivity index (χ3v) is 13.8. The number of benzene rings is 2. The van der Waals surface area contributed by atoms with Crippen LogP contribution in [0.25, 0.3) is 21.9 Å². The van der Waals surface area contributed by atoms with Crippen LogP contribution in [0.3, 0.4) is 0 Å². The van der Waals surface area contributed by atoms with Crippen molar-refractivity contribution >= 4 is 67.3 Å². The predicted octanol–water partition coefficient (Wildman–Crippen LogP) is 4.64. The van der Waals surface area contributed by atoms with Crippen molar-refractivity contribution in [3.05, 3.63) is 81.2 Å². The molecular weight excluding hydrogens is 768 g/mol. The molecule has 3 aliphatic rings. The molecule has 0 bridgehead atoms. The van der Waals surface area contributed by atoms with Gasteiger partial charge in [-0.15, -0.1) is 0 Å². The zero-order chi connectivity index (χ0) is 40.0. The van der Waals surface area contributed by atoms with E-state index >= 15 is 0 Å². The molecule has 5 aromatic rings. The number of nitrogens with one attached hydrogen (secondary N) is 2. The smallest absolute Gasteiger partial charge is 0.329 e. The number of piperidine rings is 2. The first-order valence-electron chi connectivity index (χ1n) is 19.5. The van der Waals surface area contributed by atoms with Crippen LogP contribution < -0.4 is 21.1 Å². The summed E-state index contributed by atoms with van der Waals surface area (Å²) in [7, 11) is -0.169. The van der Waals surface area contributed by atoms with Crippen LogP contribution >= 0.6 is 11.6 Å². The Morgan fingerprint density at radius 3 is 2.49 bits per heavy atom. The van der Waals surface area contributed by atoms with Crippen molar-refractivity contribution in [1.29, 1.82) is 0 Å². The fraction of sp³-hybridized carbons (Fsp3) is 0.450. The van der Waals surface area contributed by atoms with E-state index in [-0.39, 0.29) is 29.0 Å². The molecule has 3 fully saturated rings. The number of amides is 3. The normalized spacial score (nSPS) is 18.7. The van der Waals surface area contributed by atoms with Crippen molar-refractivity contribution in [2.75, 3.05) is 49.5 Å². The van der Waals surface area contributed by atoms with Crippen LogP contribution in [0.1, 0.15) is 56.1 Å². The van der Waals surface area contributed by atoms with E-state index in [1.54, 1.807) is 29.7 Å².